The lowest BCUT2D eigenvalue weighted by molar-refractivity contribution is -0.148. The molecule has 5 nitrogen and oxygen atoms in total. The molecule has 1 atom stereocenters. The average molecular weight is 262 g/mol. The molecule has 19 heavy (non-hydrogen) atoms. The van der Waals surface area contributed by atoms with E-state index in [9.17, 15) is 14.7 Å². The minimum atomic E-state index is -0.758. The molecule has 1 saturated heterocycles. The van der Waals surface area contributed by atoms with Crippen LogP contribution in [-0.4, -0.2) is 30.1 Å². The van der Waals surface area contributed by atoms with Gasteiger partial charge in [-0.1, -0.05) is 0 Å². The van der Waals surface area contributed by atoms with Crippen LogP contribution in [0.25, 0.3) is 0 Å². The molecule has 102 valence electrons. The van der Waals surface area contributed by atoms with Crippen molar-refractivity contribution >= 4 is 17.6 Å². The molecule has 1 aliphatic heterocycles. The molecule has 1 fully saturated rings. The van der Waals surface area contributed by atoms with Crippen LogP contribution in [0.2, 0.25) is 0 Å². The van der Waals surface area contributed by atoms with Crippen molar-refractivity contribution in [2.24, 2.45) is 11.1 Å². The Hall–Kier alpha value is -2.04. The van der Waals surface area contributed by atoms with Crippen molar-refractivity contribution in [2.45, 2.75) is 19.8 Å². The maximum absolute atomic E-state index is 11.3. The Morgan fingerprint density at radius 2 is 1.95 bits per heavy atom. The van der Waals surface area contributed by atoms with Crippen LogP contribution in [-0.2, 0) is 4.79 Å². The Labute approximate surface area is 112 Å². The lowest BCUT2D eigenvalue weighted by Gasteiger charge is -2.38. The van der Waals surface area contributed by atoms with E-state index in [1.54, 1.807) is 19.1 Å². The number of nitrogens with zero attached hydrogens (tertiary/aromatic N) is 1. The number of piperidine rings is 1. The van der Waals surface area contributed by atoms with Gasteiger partial charge >= 0.3 is 5.97 Å². The van der Waals surface area contributed by atoms with E-state index >= 15 is 0 Å². The first-order valence-corrected chi connectivity index (χ1v) is 6.31. The summed E-state index contributed by atoms with van der Waals surface area (Å²) in [5, 5.41) is 9.29. The number of hydrogen-bond donors (Lipinski definition) is 2. The fourth-order valence-electron chi connectivity index (χ4n) is 2.47. The van der Waals surface area contributed by atoms with Crippen molar-refractivity contribution in [3.8, 4) is 0 Å². The van der Waals surface area contributed by atoms with E-state index < -0.39 is 17.3 Å². The molecule has 0 aromatic heterocycles. The van der Waals surface area contributed by atoms with Crippen molar-refractivity contribution in [3.63, 3.8) is 0 Å². The normalized spacial score (nSPS) is 23.1. The smallest absolute Gasteiger partial charge is 0.311 e. The molecule has 2 rings (SSSR count). The van der Waals surface area contributed by atoms with E-state index in [0.29, 0.717) is 18.5 Å². The minimum absolute atomic E-state index is 0.458. The third-order valence-corrected chi connectivity index (χ3v) is 3.73. The zero-order valence-corrected chi connectivity index (χ0v) is 10.9. The molecule has 0 saturated carbocycles. The van der Waals surface area contributed by atoms with Crippen LogP contribution >= 0.6 is 0 Å². The van der Waals surface area contributed by atoms with Crippen molar-refractivity contribution in [2.75, 3.05) is 18.0 Å². The fourth-order valence-corrected chi connectivity index (χ4v) is 2.47. The van der Waals surface area contributed by atoms with Gasteiger partial charge < -0.3 is 15.7 Å². The fraction of sp³-hybridized carbons (Fsp3) is 0.429. The molecule has 1 heterocycles. The summed E-state index contributed by atoms with van der Waals surface area (Å²) in [6, 6.07) is 6.97. The standard InChI is InChI=1S/C14H18N2O3/c1-14(13(18)19)7-2-8-16(9-14)11-5-3-10(4-6-11)12(15)17/h3-6H,2,7-9H2,1H3,(H2,15,17)(H,18,19). The predicted molar refractivity (Wildman–Crippen MR) is 72.1 cm³/mol. The summed E-state index contributed by atoms with van der Waals surface area (Å²) in [5.41, 5.74) is 5.88. The predicted octanol–water partition coefficient (Wildman–Crippen LogP) is 1.48. The van der Waals surface area contributed by atoms with E-state index in [2.05, 4.69) is 0 Å². The molecule has 1 amide bonds. The second-order valence-corrected chi connectivity index (χ2v) is 5.30. The van der Waals surface area contributed by atoms with Gasteiger partial charge in [0.2, 0.25) is 5.91 Å². The van der Waals surface area contributed by atoms with Crippen LogP contribution in [0.1, 0.15) is 30.1 Å². The molecule has 3 N–H and O–H groups in total. The third-order valence-electron chi connectivity index (χ3n) is 3.73. The molecule has 0 bridgehead atoms. The number of benzene rings is 1. The first kappa shape index (κ1) is 13.4. The summed E-state index contributed by atoms with van der Waals surface area (Å²) >= 11 is 0. The molecule has 0 radical (unpaired) electrons. The van der Waals surface area contributed by atoms with E-state index in [1.807, 2.05) is 17.0 Å². The van der Waals surface area contributed by atoms with Crippen molar-refractivity contribution in [1.29, 1.82) is 0 Å². The van der Waals surface area contributed by atoms with E-state index in [4.69, 9.17) is 5.73 Å². The number of nitrogens with two attached hydrogens (primary N) is 1. The lowest BCUT2D eigenvalue weighted by Crippen LogP contribution is -2.46. The Bertz CT molecular complexity index is 498. The SMILES string of the molecule is CC1(C(=O)O)CCCN(c2ccc(C(N)=O)cc2)C1. The largest absolute Gasteiger partial charge is 0.481 e. The summed E-state index contributed by atoms with van der Waals surface area (Å²) in [6.45, 7) is 3.09. The van der Waals surface area contributed by atoms with Crippen molar-refractivity contribution in [3.05, 3.63) is 29.8 Å². The minimum Gasteiger partial charge on any atom is -0.481 e. The second-order valence-electron chi connectivity index (χ2n) is 5.30. The van der Waals surface area contributed by atoms with Crippen LogP contribution in [0.5, 0.6) is 0 Å². The first-order chi connectivity index (χ1) is 8.92. The van der Waals surface area contributed by atoms with E-state index in [-0.39, 0.29) is 0 Å². The number of carbonyl (C=O) groups is 2. The number of carboxylic acid groups (broad SMARTS) is 1. The summed E-state index contributed by atoms with van der Waals surface area (Å²) in [7, 11) is 0. The summed E-state index contributed by atoms with van der Waals surface area (Å²) in [4.78, 5) is 24.4. The van der Waals surface area contributed by atoms with Crippen LogP contribution in [0, 0.1) is 5.41 Å². The highest BCUT2D eigenvalue weighted by Gasteiger charge is 2.37. The number of aliphatic carboxylic acids is 1. The molecule has 0 aliphatic carbocycles. The molecule has 1 aromatic rings. The number of rotatable bonds is 3. The molecular formula is C14H18N2O3. The topological polar surface area (TPSA) is 83.6 Å². The highest BCUT2D eigenvalue weighted by Crippen LogP contribution is 2.32. The maximum Gasteiger partial charge on any atom is 0.311 e. The van der Waals surface area contributed by atoms with Gasteiger partial charge in [-0.2, -0.15) is 0 Å². The van der Waals surface area contributed by atoms with Gasteiger partial charge in [-0.3, -0.25) is 9.59 Å². The second kappa shape index (κ2) is 4.91. The van der Waals surface area contributed by atoms with Gasteiger partial charge in [0.05, 0.1) is 5.41 Å². The third kappa shape index (κ3) is 2.70. The molecule has 0 spiro atoms. The van der Waals surface area contributed by atoms with Crippen molar-refractivity contribution in [1.82, 2.24) is 0 Å². The Balaban J connectivity index is 2.17. The average Bonchev–Trinajstić information content (AvgIpc) is 2.39. The van der Waals surface area contributed by atoms with Gasteiger partial charge in [-0.05, 0) is 44.0 Å². The number of anilines is 1. The zero-order chi connectivity index (χ0) is 14.0. The van der Waals surface area contributed by atoms with E-state index in [0.717, 1.165) is 18.7 Å². The number of hydrogen-bond acceptors (Lipinski definition) is 3. The summed E-state index contributed by atoms with van der Waals surface area (Å²) in [5.74, 6) is -1.22. The maximum atomic E-state index is 11.3. The zero-order valence-electron chi connectivity index (χ0n) is 10.9. The van der Waals surface area contributed by atoms with Gasteiger partial charge in [0, 0.05) is 24.3 Å². The molecule has 1 aliphatic rings. The van der Waals surface area contributed by atoms with Gasteiger partial charge in [-0.25, -0.2) is 0 Å². The summed E-state index contributed by atoms with van der Waals surface area (Å²) in [6.07, 6.45) is 1.54. The van der Waals surface area contributed by atoms with Gasteiger partial charge in [0.1, 0.15) is 0 Å². The van der Waals surface area contributed by atoms with E-state index in [1.165, 1.54) is 0 Å². The first-order valence-electron chi connectivity index (χ1n) is 6.31. The Morgan fingerprint density at radius 1 is 1.32 bits per heavy atom. The van der Waals surface area contributed by atoms with Crippen molar-refractivity contribution < 1.29 is 14.7 Å². The number of carbonyl (C=O) groups excluding carboxylic acids is 1. The molecule has 5 heteroatoms. The monoisotopic (exact) mass is 262 g/mol. The quantitative estimate of drug-likeness (QED) is 0.864. The summed E-state index contributed by atoms with van der Waals surface area (Å²) < 4.78 is 0. The Kier molecular flexibility index (Phi) is 3.46. The molecular weight excluding hydrogens is 244 g/mol. The van der Waals surface area contributed by atoms with Gasteiger partial charge in [-0.15, -0.1) is 0 Å². The van der Waals surface area contributed by atoms with Gasteiger partial charge in [0.15, 0.2) is 0 Å². The Morgan fingerprint density at radius 3 is 2.47 bits per heavy atom. The van der Waals surface area contributed by atoms with Crippen LogP contribution in [0.15, 0.2) is 24.3 Å². The molecule has 1 aromatic carbocycles. The van der Waals surface area contributed by atoms with Crippen LogP contribution in [0.4, 0.5) is 5.69 Å². The number of primary amides is 1. The van der Waals surface area contributed by atoms with Gasteiger partial charge in [0.25, 0.3) is 0 Å². The number of carboxylic acids is 1. The van der Waals surface area contributed by atoms with Crippen LogP contribution in [0.3, 0.4) is 0 Å². The highest BCUT2D eigenvalue weighted by molar-refractivity contribution is 5.93. The van der Waals surface area contributed by atoms with Crippen LogP contribution < -0.4 is 10.6 Å². The highest BCUT2D eigenvalue weighted by atomic mass is 16.4. The lowest BCUT2D eigenvalue weighted by atomic mass is 9.82. The number of amides is 1. The molecule has 1 unspecified atom stereocenters.